The van der Waals surface area contributed by atoms with Gasteiger partial charge in [0.1, 0.15) is 17.8 Å². The second kappa shape index (κ2) is 11.9. The molecular formula is C27H33N3O5. The molecule has 1 N–H and O–H groups in total. The monoisotopic (exact) mass is 479 g/mol. The summed E-state index contributed by atoms with van der Waals surface area (Å²) in [6.45, 7) is 4.39. The first-order chi connectivity index (χ1) is 17.1. The Balaban J connectivity index is 1.50. The quantitative estimate of drug-likeness (QED) is 0.437. The van der Waals surface area contributed by atoms with Crippen LogP contribution in [-0.4, -0.2) is 49.3 Å². The van der Waals surface area contributed by atoms with Gasteiger partial charge in [0.2, 0.25) is 5.89 Å². The number of nitrogens with zero attached hydrogens (tertiary/aromatic N) is 2. The van der Waals surface area contributed by atoms with Gasteiger partial charge in [-0.3, -0.25) is 9.69 Å². The first kappa shape index (κ1) is 24.8. The van der Waals surface area contributed by atoms with Crippen LogP contribution in [0.5, 0.6) is 11.5 Å². The summed E-state index contributed by atoms with van der Waals surface area (Å²) in [6, 6.07) is 16.1. The molecule has 1 amide bonds. The van der Waals surface area contributed by atoms with Crippen molar-refractivity contribution in [2.45, 2.75) is 45.0 Å². The number of amides is 1. The fourth-order valence-corrected chi connectivity index (χ4v) is 4.24. The molecule has 3 aromatic rings. The van der Waals surface area contributed by atoms with Gasteiger partial charge in [-0.05, 0) is 31.4 Å². The molecule has 1 aliphatic heterocycles. The van der Waals surface area contributed by atoms with Crippen molar-refractivity contribution >= 4 is 5.91 Å². The predicted octanol–water partition coefficient (Wildman–Crippen LogP) is 4.36. The van der Waals surface area contributed by atoms with E-state index in [2.05, 4.69) is 34.3 Å². The summed E-state index contributed by atoms with van der Waals surface area (Å²) in [7, 11) is 3.29. The standard InChI is InChI=1S/C27H33N3O5/c1-19(20-8-5-4-6-9-20)30(16-21-11-12-22(32-2)14-25(21)33-3)17-26-29-24(18-35-26)27(31)28-15-23-10-7-13-34-23/h4-6,8-9,11-12,14,18-19,23H,7,10,13,15-17H2,1-3H3,(H,28,31)/t19-,23+/m0/s1. The van der Waals surface area contributed by atoms with E-state index in [0.717, 1.165) is 36.5 Å². The van der Waals surface area contributed by atoms with Crippen LogP contribution in [0.1, 0.15) is 53.3 Å². The summed E-state index contributed by atoms with van der Waals surface area (Å²) in [5.74, 6) is 1.70. The highest BCUT2D eigenvalue weighted by Gasteiger charge is 2.23. The lowest BCUT2D eigenvalue weighted by Crippen LogP contribution is -2.32. The molecule has 186 valence electrons. The van der Waals surface area contributed by atoms with Gasteiger partial charge >= 0.3 is 0 Å². The van der Waals surface area contributed by atoms with Crippen LogP contribution in [0.2, 0.25) is 0 Å². The molecule has 0 bridgehead atoms. The molecule has 0 spiro atoms. The van der Waals surface area contributed by atoms with Crippen molar-refractivity contribution in [3.63, 3.8) is 0 Å². The van der Waals surface area contributed by atoms with Gasteiger partial charge in [0.05, 0.1) is 26.9 Å². The van der Waals surface area contributed by atoms with Gasteiger partial charge in [-0.15, -0.1) is 0 Å². The van der Waals surface area contributed by atoms with Crippen molar-refractivity contribution < 1.29 is 23.4 Å². The third kappa shape index (κ3) is 6.41. The minimum Gasteiger partial charge on any atom is -0.497 e. The van der Waals surface area contributed by atoms with E-state index in [4.69, 9.17) is 18.6 Å². The average molecular weight is 480 g/mol. The molecule has 2 heterocycles. The third-order valence-electron chi connectivity index (χ3n) is 6.33. The van der Waals surface area contributed by atoms with Crippen molar-refractivity contribution in [3.8, 4) is 11.5 Å². The van der Waals surface area contributed by atoms with Crippen LogP contribution in [0.3, 0.4) is 0 Å². The lowest BCUT2D eigenvalue weighted by Gasteiger charge is -2.29. The molecule has 1 aromatic heterocycles. The Kier molecular flexibility index (Phi) is 8.39. The van der Waals surface area contributed by atoms with E-state index in [1.54, 1.807) is 14.2 Å². The maximum atomic E-state index is 12.6. The second-order valence-electron chi connectivity index (χ2n) is 8.64. The molecule has 4 rings (SSSR count). The summed E-state index contributed by atoms with van der Waals surface area (Å²) < 4.78 is 22.2. The Bertz CT molecular complexity index is 1100. The molecule has 8 heteroatoms. The molecular weight excluding hydrogens is 446 g/mol. The summed E-state index contributed by atoms with van der Waals surface area (Å²) >= 11 is 0. The Labute approximate surface area is 206 Å². The van der Waals surface area contributed by atoms with Gasteiger partial charge < -0.3 is 23.9 Å². The minimum absolute atomic E-state index is 0.0618. The molecule has 1 saturated heterocycles. The molecule has 2 atom stereocenters. The smallest absolute Gasteiger partial charge is 0.273 e. The van der Waals surface area contributed by atoms with Crippen molar-refractivity contribution in [3.05, 3.63) is 77.5 Å². The highest BCUT2D eigenvalue weighted by Crippen LogP contribution is 2.30. The summed E-state index contributed by atoms with van der Waals surface area (Å²) in [5, 5.41) is 2.89. The van der Waals surface area contributed by atoms with Crippen LogP contribution in [0.4, 0.5) is 0 Å². The van der Waals surface area contributed by atoms with Crippen LogP contribution in [0.15, 0.2) is 59.2 Å². The number of nitrogens with one attached hydrogen (secondary N) is 1. The molecule has 0 aliphatic carbocycles. The Morgan fingerprint density at radius 1 is 1.17 bits per heavy atom. The number of benzene rings is 2. The van der Waals surface area contributed by atoms with E-state index in [-0.39, 0.29) is 23.7 Å². The van der Waals surface area contributed by atoms with Gasteiger partial charge in [0.15, 0.2) is 5.69 Å². The number of carbonyl (C=O) groups is 1. The van der Waals surface area contributed by atoms with E-state index in [1.807, 2.05) is 36.4 Å². The summed E-state index contributed by atoms with van der Waals surface area (Å²) in [4.78, 5) is 19.3. The van der Waals surface area contributed by atoms with Gasteiger partial charge in [-0.1, -0.05) is 36.4 Å². The first-order valence-corrected chi connectivity index (χ1v) is 11.9. The van der Waals surface area contributed by atoms with E-state index in [0.29, 0.717) is 25.5 Å². The topological polar surface area (TPSA) is 86.1 Å². The van der Waals surface area contributed by atoms with Crippen LogP contribution < -0.4 is 14.8 Å². The predicted molar refractivity (Wildman–Crippen MR) is 131 cm³/mol. The molecule has 35 heavy (non-hydrogen) atoms. The van der Waals surface area contributed by atoms with Gasteiger partial charge in [0, 0.05) is 37.4 Å². The zero-order chi connectivity index (χ0) is 24.6. The number of aromatic nitrogens is 1. The maximum absolute atomic E-state index is 12.6. The van der Waals surface area contributed by atoms with E-state index in [9.17, 15) is 4.79 Å². The molecule has 8 nitrogen and oxygen atoms in total. The number of carbonyl (C=O) groups excluding carboxylic acids is 1. The number of oxazole rings is 1. The number of methoxy groups -OCH3 is 2. The Morgan fingerprint density at radius 3 is 2.71 bits per heavy atom. The number of ether oxygens (including phenoxy) is 3. The van der Waals surface area contributed by atoms with Crippen molar-refractivity contribution in [2.24, 2.45) is 0 Å². The molecule has 1 aliphatic rings. The Morgan fingerprint density at radius 2 is 2.00 bits per heavy atom. The maximum Gasteiger partial charge on any atom is 0.273 e. The first-order valence-electron chi connectivity index (χ1n) is 11.9. The second-order valence-corrected chi connectivity index (χ2v) is 8.64. The van der Waals surface area contributed by atoms with E-state index < -0.39 is 0 Å². The lowest BCUT2D eigenvalue weighted by atomic mass is 10.1. The van der Waals surface area contributed by atoms with Gasteiger partial charge in [-0.2, -0.15) is 0 Å². The van der Waals surface area contributed by atoms with E-state index in [1.165, 1.54) is 11.8 Å². The van der Waals surface area contributed by atoms with Crippen molar-refractivity contribution in [2.75, 3.05) is 27.4 Å². The SMILES string of the molecule is COc1ccc(CN(Cc2nc(C(=O)NC[C@H]3CCCO3)co2)[C@@H](C)c2ccccc2)c(OC)c1. The molecule has 0 saturated carbocycles. The number of hydrogen-bond acceptors (Lipinski definition) is 7. The Hall–Kier alpha value is -3.36. The third-order valence-corrected chi connectivity index (χ3v) is 6.33. The van der Waals surface area contributed by atoms with E-state index >= 15 is 0 Å². The fourth-order valence-electron chi connectivity index (χ4n) is 4.24. The van der Waals surface area contributed by atoms with Crippen LogP contribution >= 0.6 is 0 Å². The zero-order valence-corrected chi connectivity index (χ0v) is 20.5. The van der Waals surface area contributed by atoms with Gasteiger partial charge in [-0.25, -0.2) is 4.98 Å². The highest BCUT2D eigenvalue weighted by molar-refractivity contribution is 5.91. The molecule has 1 fully saturated rings. The van der Waals surface area contributed by atoms with Crippen molar-refractivity contribution in [1.82, 2.24) is 15.2 Å². The minimum atomic E-state index is -0.255. The number of hydrogen-bond donors (Lipinski definition) is 1. The lowest BCUT2D eigenvalue weighted by molar-refractivity contribution is 0.0853. The molecule has 0 unspecified atom stereocenters. The van der Waals surface area contributed by atoms with Crippen molar-refractivity contribution in [1.29, 1.82) is 0 Å². The highest BCUT2D eigenvalue weighted by atomic mass is 16.5. The fraction of sp³-hybridized carbons (Fsp3) is 0.407. The average Bonchev–Trinajstić information content (AvgIpc) is 3.59. The summed E-state index contributed by atoms with van der Waals surface area (Å²) in [5.41, 5.74) is 2.45. The normalized spacial score (nSPS) is 16.3. The van der Waals surface area contributed by atoms with Crippen LogP contribution in [0.25, 0.3) is 0 Å². The molecule has 2 aromatic carbocycles. The van der Waals surface area contributed by atoms with Crippen LogP contribution in [0, 0.1) is 0 Å². The zero-order valence-electron chi connectivity index (χ0n) is 20.5. The largest absolute Gasteiger partial charge is 0.497 e. The molecule has 0 radical (unpaired) electrons. The van der Waals surface area contributed by atoms with Crippen LogP contribution in [-0.2, 0) is 17.8 Å². The van der Waals surface area contributed by atoms with Gasteiger partial charge in [0.25, 0.3) is 5.91 Å². The summed E-state index contributed by atoms with van der Waals surface area (Å²) in [6.07, 6.45) is 3.49. The number of rotatable bonds is 11.